The number of anilines is 1. The molecule has 1 amide bonds. The van der Waals surface area contributed by atoms with Gasteiger partial charge in [-0.15, -0.1) is 11.8 Å². The second-order valence-electron chi connectivity index (χ2n) is 4.41. The average Bonchev–Trinajstić information content (AvgIpc) is 2.34. The van der Waals surface area contributed by atoms with E-state index in [1.807, 2.05) is 32.0 Å². The van der Waals surface area contributed by atoms with Gasteiger partial charge in [-0.2, -0.15) is 0 Å². The Bertz CT molecular complexity index is 474. The van der Waals surface area contributed by atoms with Gasteiger partial charge >= 0.3 is 5.97 Å². The van der Waals surface area contributed by atoms with Crippen molar-refractivity contribution in [2.24, 2.45) is 0 Å². The summed E-state index contributed by atoms with van der Waals surface area (Å²) in [5, 5.41) is 11.2. The SMILES string of the molecule is CCC(SCC(=O)Nc1cc(C)ccc1C)C(=O)O. The molecule has 1 rings (SSSR count). The molecule has 1 unspecified atom stereocenters. The zero-order valence-corrected chi connectivity index (χ0v) is 12.2. The van der Waals surface area contributed by atoms with Gasteiger partial charge in [0, 0.05) is 5.69 Å². The predicted octanol–water partition coefficient (Wildman–Crippen LogP) is 2.84. The third kappa shape index (κ3) is 4.95. The maximum atomic E-state index is 11.8. The topological polar surface area (TPSA) is 66.4 Å². The molecular weight excluding hydrogens is 262 g/mol. The number of carboxylic acids is 1. The molecule has 0 aliphatic carbocycles. The third-order valence-corrected chi connectivity index (χ3v) is 4.10. The van der Waals surface area contributed by atoms with E-state index in [1.165, 1.54) is 0 Å². The number of carboxylic acid groups (broad SMARTS) is 1. The molecule has 5 heteroatoms. The van der Waals surface area contributed by atoms with E-state index in [2.05, 4.69) is 5.32 Å². The highest BCUT2D eigenvalue weighted by Crippen LogP contribution is 2.18. The fourth-order valence-corrected chi connectivity index (χ4v) is 2.40. The van der Waals surface area contributed by atoms with Gasteiger partial charge in [0.2, 0.25) is 5.91 Å². The Labute approximate surface area is 117 Å². The van der Waals surface area contributed by atoms with Crippen LogP contribution in [0.5, 0.6) is 0 Å². The minimum absolute atomic E-state index is 0.151. The molecule has 0 heterocycles. The van der Waals surface area contributed by atoms with Gasteiger partial charge in [0.05, 0.1) is 5.75 Å². The molecule has 1 atom stereocenters. The summed E-state index contributed by atoms with van der Waals surface area (Å²) in [5.74, 6) is -0.886. The lowest BCUT2D eigenvalue weighted by Crippen LogP contribution is -2.21. The Kier molecular flexibility index (Phi) is 5.89. The molecule has 1 aromatic rings. The van der Waals surface area contributed by atoms with Gasteiger partial charge in [-0.05, 0) is 37.5 Å². The van der Waals surface area contributed by atoms with Crippen LogP contribution < -0.4 is 5.32 Å². The van der Waals surface area contributed by atoms with E-state index in [0.717, 1.165) is 28.6 Å². The maximum absolute atomic E-state index is 11.8. The second-order valence-corrected chi connectivity index (χ2v) is 5.60. The number of rotatable bonds is 6. The van der Waals surface area contributed by atoms with E-state index >= 15 is 0 Å². The number of hydrogen-bond acceptors (Lipinski definition) is 3. The fourth-order valence-electron chi connectivity index (χ4n) is 1.60. The Balaban J connectivity index is 2.56. The molecule has 19 heavy (non-hydrogen) atoms. The molecular formula is C14H19NO3S. The van der Waals surface area contributed by atoms with E-state index in [1.54, 1.807) is 6.92 Å². The molecule has 0 aromatic heterocycles. The summed E-state index contributed by atoms with van der Waals surface area (Å²) in [6.07, 6.45) is 0.511. The zero-order valence-electron chi connectivity index (χ0n) is 11.4. The van der Waals surface area contributed by atoms with Crippen LogP contribution in [0.25, 0.3) is 0 Å². The van der Waals surface area contributed by atoms with Gasteiger partial charge in [0.25, 0.3) is 0 Å². The van der Waals surface area contributed by atoms with Gasteiger partial charge in [-0.1, -0.05) is 19.1 Å². The molecule has 0 radical (unpaired) electrons. The zero-order chi connectivity index (χ0) is 14.4. The Hall–Kier alpha value is -1.49. The van der Waals surface area contributed by atoms with Gasteiger partial charge < -0.3 is 10.4 Å². The molecule has 0 spiro atoms. The number of benzene rings is 1. The van der Waals surface area contributed by atoms with Crippen LogP contribution in [0, 0.1) is 13.8 Å². The average molecular weight is 281 g/mol. The number of carbonyl (C=O) groups is 2. The van der Waals surface area contributed by atoms with E-state index in [9.17, 15) is 9.59 Å². The lowest BCUT2D eigenvalue weighted by Gasteiger charge is -2.11. The quantitative estimate of drug-likeness (QED) is 0.841. The highest BCUT2D eigenvalue weighted by Gasteiger charge is 2.17. The highest BCUT2D eigenvalue weighted by atomic mass is 32.2. The first-order valence-corrected chi connectivity index (χ1v) is 7.20. The van der Waals surface area contributed by atoms with Crippen molar-refractivity contribution in [1.82, 2.24) is 0 Å². The van der Waals surface area contributed by atoms with Crippen LogP contribution in [0.2, 0.25) is 0 Å². The molecule has 104 valence electrons. The number of hydrogen-bond donors (Lipinski definition) is 2. The van der Waals surface area contributed by atoms with Crippen LogP contribution in [0.3, 0.4) is 0 Å². The summed E-state index contributed by atoms with van der Waals surface area (Å²) in [6, 6.07) is 5.84. The number of aliphatic carboxylic acids is 1. The lowest BCUT2D eigenvalue weighted by atomic mass is 10.1. The monoisotopic (exact) mass is 281 g/mol. The summed E-state index contributed by atoms with van der Waals surface area (Å²) < 4.78 is 0. The smallest absolute Gasteiger partial charge is 0.316 e. The number of amides is 1. The van der Waals surface area contributed by atoms with Crippen LogP contribution >= 0.6 is 11.8 Å². The van der Waals surface area contributed by atoms with E-state index in [-0.39, 0.29) is 11.7 Å². The van der Waals surface area contributed by atoms with Gasteiger partial charge in [-0.3, -0.25) is 9.59 Å². The summed E-state index contributed by atoms with van der Waals surface area (Å²) in [5.41, 5.74) is 2.86. The molecule has 0 bridgehead atoms. The molecule has 0 saturated heterocycles. The van der Waals surface area contributed by atoms with E-state index < -0.39 is 11.2 Å². The first kappa shape index (κ1) is 15.6. The Morgan fingerprint density at radius 2 is 2.05 bits per heavy atom. The normalized spacial score (nSPS) is 11.9. The number of aryl methyl sites for hydroxylation is 2. The second kappa shape index (κ2) is 7.19. The maximum Gasteiger partial charge on any atom is 0.316 e. The van der Waals surface area contributed by atoms with Crippen molar-refractivity contribution in [3.63, 3.8) is 0 Å². The number of nitrogens with one attached hydrogen (secondary N) is 1. The fraction of sp³-hybridized carbons (Fsp3) is 0.429. The molecule has 0 aliphatic heterocycles. The molecule has 0 fully saturated rings. The summed E-state index contributed by atoms with van der Waals surface area (Å²) in [4.78, 5) is 22.6. The predicted molar refractivity (Wildman–Crippen MR) is 78.7 cm³/mol. The Morgan fingerprint density at radius 3 is 2.63 bits per heavy atom. The van der Waals surface area contributed by atoms with Crippen LogP contribution in [0.15, 0.2) is 18.2 Å². The molecule has 4 nitrogen and oxygen atoms in total. The van der Waals surface area contributed by atoms with Crippen molar-refractivity contribution in [2.75, 3.05) is 11.1 Å². The van der Waals surface area contributed by atoms with Crippen molar-refractivity contribution < 1.29 is 14.7 Å². The number of carbonyl (C=O) groups excluding carboxylic acids is 1. The van der Waals surface area contributed by atoms with Crippen molar-refractivity contribution in [2.45, 2.75) is 32.4 Å². The summed E-state index contributed by atoms with van der Waals surface area (Å²) in [7, 11) is 0. The van der Waals surface area contributed by atoms with Gasteiger partial charge in [0.1, 0.15) is 5.25 Å². The first-order valence-electron chi connectivity index (χ1n) is 6.15. The van der Waals surface area contributed by atoms with Crippen LogP contribution in [-0.4, -0.2) is 28.0 Å². The minimum atomic E-state index is -0.868. The van der Waals surface area contributed by atoms with Gasteiger partial charge in [-0.25, -0.2) is 0 Å². The molecule has 1 aromatic carbocycles. The third-order valence-electron chi connectivity index (χ3n) is 2.73. The summed E-state index contributed by atoms with van der Waals surface area (Å²) in [6.45, 7) is 5.68. The largest absolute Gasteiger partial charge is 0.480 e. The van der Waals surface area contributed by atoms with Crippen molar-refractivity contribution in [3.8, 4) is 0 Å². The molecule has 0 aliphatic rings. The van der Waals surface area contributed by atoms with E-state index in [4.69, 9.17) is 5.11 Å². The van der Waals surface area contributed by atoms with Gasteiger partial charge in [0.15, 0.2) is 0 Å². The molecule has 2 N–H and O–H groups in total. The Morgan fingerprint density at radius 1 is 1.37 bits per heavy atom. The van der Waals surface area contributed by atoms with Crippen LogP contribution in [0.4, 0.5) is 5.69 Å². The lowest BCUT2D eigenvalue weighted by molar-refractivity contribution is -0.136. The highest BCUT2D eigenvalue weighted by molar-refractivity contribution is 8.01. The standard InChI is InChI=1S/C14H19NO3S/c1-4-12(14(17)18)19-8-13(16)15-11-7-9(2)5-6-10(11)3/h5-7,12H,4,8H2,1-3H3,(H,15,16)(H,17,18). The van der Waals surface area contributed by atoms with Crippen molar-refractivity contribution in [3.05, 3.63) is 29.3 Å². The molecule has 0 saturated carbocycles. The number of thioether (sulfide) groups is 1. The van der Waals surface area contributed by atoms with Crippen LogP contribution in [-0.2, 0) is 9.59 Å². The first-order chi connectivity index (χ1) is 8.93. The van der Waals surface area contributed by atoms with Crippen LogP contribution in [0.1, 0.15) is 24.5 Å². The van der Waals surface area contributed by atoms with E-state index in [0.29, 0.717) is 6.42 Å². The summed E-state index contributed by atoms with van der Waals surface area (Å²) >= 11 is 1.16. The van der Waals surface area contributed by atoms with Crippen molar-refractivity contribution in [1.29, 1.82) is 0 Å². The van der Waals surface area contributed by atoms with Crippen molar-refractivity contribution >= 4 is 29.3 Å². The minimum Gasteiger partial charge on any atom is -0.480 e.